The van der Waals surface area contributed by atoms with Crippen LogP contribution in [0.4, 0.5) is 0 Å². The van der Waals surface area contributed by atoms with Gasteiger partial charge >= 0.3 is 0 Å². The Kier molecular flexibility index (Phi) is 4.62. The second-order valence-electron chi connectivity index (χ2n) is 6.04. The molecular formula is C14H27N3O. The summed E-state index contributed by atoms with van der Waals surface area (Å²) in [5.41, 5.74) is 6.08. The number of hydrogen-bond acceptors (Lipinski definition) is 3. The molecule has 0 aliphatic heterocycles. The normalized spacial score (nSPS) is 23.7. The lowest BCUT2D eigenvalue weighted by atomic mass is 9.88. The molecule has 4 nitrogen and oxygen atoms in total. The van der Waals surface area contributed by atoms with Crippen molar-refractivity contribution in [2.75, 3.05) is 20.1 Å². The van der Waals surface area contributed by atoms with Gasteiger partial charge in [-0.1, -0.05) is 25.7 Å². The maximum absolute atomic E-state index is 11.9. The summed E-state index contributed by atoms with van der Waals surface area (Å²) in [6.45, 7) is 1.16. The molecule has 0 aromatic rings. The summed E-state index contributed by atoms with van der Waals surface area (Å²) in [6.07, 6.45) is 9.67. The fraction of sp³-hybridized carbons (Fsp3) is 0.929. The number of hydrogen-bond donors (Lipinski definition) is 2. The maximum atomic E-state index is 11.9. The monoisotopic (exact) mass is 253 g/mol. The second kappa shape index (κ2) is 6.02. The van der Waals surface area contributed by atoms with Crippen LogP contribution in [-0.4, -0.2) is 42.5 Å². The van der Waals surface area contributed by atoms with Gasteiger partial charge in [-0.2, -0.15) is 0 Å². The lowest BCUT2D eigenvalue weighted by Gasteiger charge is -2.40. The third-order valence-corrected chi connectivity index (χ3v) is 4.55. The molecule has 0 aromatic carbocycles. The van der Waals surface area contributed by atoms with Gasteiger partial charge in [0, 0.05) is 18.1 Å². The second-order valence-corrected chi connectivity index (χ2v) is 6.04. The van der Waals surface area contributed by atoms with Crippen molar-refractivity contribution in [1.29, 1.82) is 0 Å². The number of carbonyl (C=O) groups is 1. The van der Waals surface area contributed by atoms with E-state index in [-0.39, 0.29) is 11.4 Å². The van der Waals surface area contributed by atoms with Gasteiger partial charge in [0.25, 0.3) is 0 Å². The average Bonchev–Trinajstić information content (AvgIpc) is 3.14. The molecule has 2 fully saturated rings. The van der Waals surface area contributed by atoms with E-state index in [1.54, 1.807) is 0 Å². The summed E-state index contributed by atoms with van der Waals surface area (Å²) in [4.78, 5) is 14.1. The molecule has 0 atom stereocenters. The minimum Gasteiger partial charge on any atom is -0.352 e. The first-order valence-corrected chi connectivity index (χ1v) is 7.37. The van der Waals surface area contributed by atoms with E-state index in [4.69, 9.17) is 5.73 Å². The van der Waals surface area contributed by atoms with E-state index >= 15 is 0 Å². The Morgan fingerprint density at radius 3 is 2.39 bits per heavy atom. The number of carbonyl (C=O) groups excluding carboxylic acids is 1. The molecule has 2 aliphatic rings. The Morgan fingerprint density at radius 2 is 1.89 bits per heavy atom. The van der Waals surface area contributed by atoms with Crippen LogP contribution >= 0.6 is 0 Å². The van der Waals surface area contributed by atoms with Crippen LogP contribution < -0.4 is 11.1 Å². The Bertz CT molecular complexity index is 281. The molecule has 0 heterocycles. The van der Waals surface area contributed by atoms with Crippen molar-refractivity contribution < 1.29 is 4.79 Å². The van der Waals surface area contributed by atoms with E-state index in [9.17, 15) is 4.79 Å². The highest BCUT2D eigenvalue weighted by molar-refractivity contribution is 5.78. The Morgan fingerprint density at radius 1 is 1.28 bits per heavy atom. The Balaban J connectivity index is 1.89. The van der Waals surface area contributed by atoms with E-state index in [0.717, 1.165) is 25.7 Å². The van der Waals surface area contributed by atoms with Gasteiger partial charge < -0.3 is 11.1 Å². The van der Waals surface area contributed by atoms with E-state index in [2.05, 4.69) is 17.3 Å². The minimum absolute atomic E-state index is 0.0530. The van der Waals surface area contributed by atoms with Crippen molar-refractivity contribution in [3.8, 4) is 0 Å². The topological polar surface area (TPSA) is 58.4 Å². The molecule has 0 saturated heterocycles. The lowest BCUT2D eigenvalue weighted by Crippen LogP contribution is -2.54. The molecule has 0 bridgehead atoms. The molecule has 104 valence electrons. The van der Waals surface area contributed by atoms with Crippen molar-refractivity contribution >= 4 is 5.91 Å². The number of amides is 1. The molecule has 0 spiro atoms. The molecule has 2 aliphatic carbocycles. The highest BCUT2D eigenvalue weighted by Crippen LogP contribution is 2.30. The Labute approximate surface area is 110 Å². The fourth-order valence-corrected chi connectivity index (χ4v) is 3.01. The van der Waals surface area contributed by atoms with E-state index in [0.29, 0.717) is 19.1 Å². The van der Waals surface area contributed by atoms with Gasteiger partial charge in [-0.3, -0.25) is 9.69 Å². The fourth-order valence-electron chi connectivity index (χ4n) is 3.01. The zero-order valence-electron chi connectivity index (χ0n) is 11.6. The molecule has 0 radical (unpaired) electrons. The predicted octanol–water partition coefficient (Wildman–Crippen LogP) is 1.25. The molecule has 2 saturated carbocycles. The average molecular weight is 253 g/mol. The van der Waals surface area contributed by atoms with Gasteiger partial charge in [-0.15, -0.1) is 0 Å². The van der Waals surface area contributed by atoms with Crippen LogP contribution in [0.1, 0.15) is 51.4 Å². The summed E-state index contributed by atoms with van der Waals surface area (Å²) >= 11 is 0. The number of likely N-dealkylation sites (N-methyl/N-ethyl adjacent to an activating group) is 1. The zero-order valence-corrected chi connectivity index (χ0v) is 11.6. The molecule has 3 N–H and O–H groups in total. The molecule has 0 aromatic heterocycles. The summed E-state index contributed by atoms with van der Waals surface area (Å²) in [5, 5.41) is 3.06. The standard InChI is InChI=1S/C14H27N3O/c1-17(10-13(18)16-12-6-7-12)14(11-15)8-4-2-3-5-9-14/h12H,2-11,15H2,1H3,(H,16,18). The molecule has 4 heteroatoms. The predicted molar refractivity (Wildman–Crippen MR) is 73.3 cm³/mol. The van der Waals surface area contributed by atoms with Crippen LogP contribution in [0.25, 0.3) is 0 Å². The third-order valence-electron chi connectivity index (χ3n) is 4.55. The molecule has 1 amide bonds. The van der Waals surface area contributed by atoms with Crippen LogP contribution in [0, 0.1) is 0 Å². The van der Waals surface area contributed by atoms with Crippen molar-refractivity contribution in [2.24, 2.45) is 5.73 Å². The van der Waals surface area contributed by atoms with E-state index in [1.807, 2.05) is 0 Å². The van der Waals surface area contributed by atoms with Crippen LogP contribution in [-0.2, 0) is 4.79 Å². The highest BCUT2D eigenvalue weighted by atomic mass is 16.2. The quantitative estimate of drug-likeness (QED) is 0.725. The van der Waals surface area contributed by atoms with Gasteiger partial charge in [0.1, 0.15) is 0 Å². The number of nitrogens with zero attached hydrogens (tertiary/aromatic N) is 1. The summed E-state index contributed by atoms with van der Waals surface area (Å²) in [5.74, 6) is 0.164. The third kappa shape index (κ3) is 3.45. The largest absolute Gasteiger partial charge is 0.352 e. The molecule has 18 heavy (non-hydrogen) atoms. The first kappa shape index (κ1) is 13.8. The maximum Gasteiger partial charge on any atom is 0.234 e. The summed E-state index contributed by atoms with van der Waals surface area (Å²) < 4.78 is 0. The van der Waals surface area contributed by atoms with Crippen molar-refractivity contribution in [2.45, 2.75) is 62.9 Å². The van der Waals surface area contributed by atoms with Crippen LogP contribution in [0.5, 0.6) is 0 Å². The van der Waals surface area contributed by atoms with Crippen molar-refractivity contribution in [1.82, 2.24) is 10.2 Å². The zero-order chi connectivity index (χ0) is 13.0. The highest BCUT2D eigenvalue weighted by Gasteiger charge is 2.35. The smallest absolute Gasteiger partial charge is 0.234 e. The van der Waals surface area contributed by atoms with E-state index < -0.39 is 0 Å². The lowest BCUT2D eigenvalue weighted by molar-refractivity contribution is -0.123. The van der Waals surface area contributed by atoms with Crippen LogP contribution in [0.2, 0.25) is 0 Å². The number of nitrogens with one attached hydrogen (secondary N) is 1. The van der Waals surface area contributed by atoms with Gasteiger partial charge in [-0.25, -0.2) is 0 Å². The van der Waals surface area contributed by atoms with Crippen LogP contribution in [0.15, 0.2) is 0 Å². The molecule has 2 rings (SSSR count). The molecule has 0 unspecified atom stereocenters. The minimum atomic E-state index is 0.0530. The van der Waals surface area contributed by atoms with Gasteiger partial charge in [-0.05, 0) is 32.7 Å². The van der Waals surface area contributed by atoms with E-state index in [1.165, 1.54) is 25.7 Å². The first-order valence-electron chi connectivity index (χ1n) is 7.37. The van der Waals surface area contributed by atoms with Crippen molar-refractivity contribution in [3.63, 3.8) is 0 Å². The van der Waals surface area contributed by atoms with Crippen molar-refractivity contribution in [3.05, 3.63) is 0 Å². The first-order chi connectivity index (χ1) is 8.66. The Hall–Kier alpha value is -0.610. The van der Waals surface area contributed by atoms with Gasteiger partial charge in [0.05, 0.1) is 6.54 Å². The van der Waals surface area contributed by atoms with Gasteiger partial charge in [0.2, 0.25) is 5.91 Å². The summed E-state index contributed by atoms with van der Waals surface area (Å²) in [7, 11) is 2.06. The molecular weight excluding hydrogens is 226 g/mol. The van der Waals surface area contributed by atoms with Gasteiger partial charge in [0.15, 0.2) is 0 Å². The SMILES string of the molecule is CN(CC(=O)NC1CC1)C1(CN)CCCCCC1. The number of rotatable bonds is 5. The number of nitrogens with two attached hydrogens (primary N) is 1. The van der Waals surface area contributed by atoms with Crippen LogP contribution in [0.3, 0.4) is 0 Å². The summed E-state index contributed by atoms with van der Waals surface area (Å²) in [6, 6.07) is 0.453.